The zero-order valence-corrected chi connectivity index (χ0v) is 16.3. The number of hydrogen-bond acceptors (Lipinski definition) is 0. The predicted molar refractivity (Wildman–Crippen MR) is 117 cm³/mol. The molecule has 0 fully saturated rings. The lowest BCUT2D eigenvalue weighted by atomic mass is 9.96. The summed E-state index contributed by atoms with van der Waals surface area (Å²) in [5, 5.41) is 0. The molecule has 0 saturated heterocycles. The van der Waals surface area contributed by atoms with Crippen molar-refractivity contribution in [2.45, 2.75) is 0 Å². The molecule has 0 N–H and O–H groups in total. The van der Waals surface area contributed by atoms with Crippen molar-refractivity contribution >= 4 is 15.9 Å². The molecule has 4 aromatic carbocycles. The van der Waals surface area contributed by atoms with Crippen LogP contribution in [0.4, 0.5) is 0 Å². The van der Waals surface area contributed by atoms with E-state index in [1.165, 1.54) is 22.3 Å². The summed E-state index contributed by atoms with van der Waals surface area (Å²) in [6, 6.07) is 35.5. The first-order valence-corrected chi connectivity index (χ1v) is 9.61. The zero-order valence-electron chi connectivity index (χ0n) is 14.7. The van der Waals surface area contributed by atoms with Gasteiger partial charge >= 0.3 is 0 Å². The van der Waals surface area contributed by atoms with Gasteiger partial charge in [0.05, 0.1) is 0 Å². The number of halogens is 1. The van der Waals surface area contributed by atoms with Gasteiger partial charge in [-0.1, -0.05) is 88.4 Å². The van der Waals surface area contributed by atoms with Gasteiger partial charge in [-0.15, -0.1) is 0 Å². The van der Waals surface area contributed by atoms with Gasteiger partial charge in [-0.05, 0) is 64.7 Å². The second kappa shape index (κ2) is 8.08. The molecule has 27 heavy (non-hydrogen) atoms. The first kappa shape index (κ1) is 17.3. The Morgan fingerprint density at radius 3 is 1.44 bits per heavy atom. The van der Waals surface area contributed by atoms with Gasteiger partial charge in [0.2, 0.25) is 0 Å². The standard InChI is InChI=1S/C26H17Br/c27-26-15-13-20(14-16-26)11-12-21-17-24(22-7-3-1-4-8-22)19-25(18-21)23-9-5-2-6-10-23/h1-10,13-19H. The van der Waals surface area contributed by atoms with E-state index in [1.807, 2.05) is 36.4 Å². The van der Waals surface area contributed by atoms with E-state index in [-0.39, 0.29) is 0 Å². The van der Waals surface area contributed by atoms with Gasteiger partial charge in [-0.25, -0.2) is 0 Å². The summed E-state index contributed by atoms with van der Waals surface area (Å²) in [5.41, 5.74) is 6.76. The Morgan fingerprint density at radius 1 is 0.444 bits per heavy atom. The molecule has 0 bridgehead atoms. The summed E-state index contributed by atoms with van der Waals surface area (Å²) in [7, 11) is 0. The Kier molecular flexibility index (Phi) is 5.19. The summed E-state index contributed by atoms with van der Waals surface area (Å²) in [5.74, 6) is 6.61. The monoisotopic (exact) mass is 408 g/mol. The molecule has 4 rings (SSSR count). The highest BCUT2D eigenvalue weighted by molar-refractivity contribution is 9.10. The molecule has 0 aliphatic heterocycles. The van der Waals surface area contributed by atoms with Crippen molar-refractivity contribution in [3.05, 3.63) is 119 Å². The molecule has 0 saturated carbocycles. The summed E-state index contributed by atoms with van der Waals surface area (Å²) >= 11 is 3.46. The van der Waals surface area contributed by atoms with Crippen LogP contribution in [-0.4, -0.2) is 0 Å². The van der Waals surface area contributed by atoms with E-state index in [0.29, 0.717) is 0 Å². The summed E-state index contributed by atoms with van der Waals surface area (Å²) in [6.07, 6.45) is 0. The fraction of sp³-hybridized carbons (Fsp3) is 0. The van der Waals surface area contributed by atoms with Gasteiger partial charge in [0, 0.05) is 15.6 Å². The Morgan fingerprint density at radius 2 is 0.926 bits per heavy atom. The maximum absolute atomic E-state index is 3.46. The molecule has 4 aromatic rings. The topological polar surface area (TPSA) is 0 Å². The molecular formula is C26H17Br. The van der Waals surface area contributed by atoms with Crippen LogP contribution in [0.15, 0.2) is 108 Å². The maximum atomic E-state index is 3.46. The number of rotatable bonds is 2. The van der Waals surface area contributed by atoms with Gasteiger partial charge in [0.15, 0.2) is 0 Å². The molecule has 0 atom stereocenters. The number of hydrogen-bond donors (Lipinski definition) is 0. The van der Waals surface area contributed by atoms with E-state index < -0.39 is 0 Å². The predicted octanol–water partition coefficient (Wildman–Crippen LogP) is 7.18. The highest BCUT2D eigenvalue weighted by atomic mass is 79.9. The average Bonchev–Trinajstić information content (AvgIpc) is 2.74. The van der Waals surface area contributed by atoms with E-state index in [4.69, 9.17) is 0 Å². The van der Waals surface area contributed by atoms with Gasteiger partial charge < -0.3 is 0 Å². The van der Waals surface area contributed by atoms with Crippen molar-refractivity contribution in [1.82, 2.24) is 0 Å². The molecule has 0 aromatic heterocycles. The third-order valence-electron chi connectivity index (χ3n) is 4.34. The van der Waals surface area contributed by atoms with Crippen LogP contribution in [0.25, 0.3) is 22.3 Å². The molecule has 1 heteroatoms. The average molecular weight is 409 g/mol. The minimum Gasteiger partial charge on any atom is -0.0622 e. The van der Waals surface area contributed by atoms with Crippen LogP contribution < -0.4 is 0 Å². The molecule has 0 aliphatic carbocycles. The van der Waals surface area contributed by atoms with Gasteiger partial charge in [-0.3, -0.25) is 0 Å². The van der Waals surface area contributed by atoms with E-state index >= 15 is 0 Å². The Hall–Kier alpha value is -3.08. The molecule has 0 spiro atoms. The molecule has 0 aliphatic rings. The molecule has 0 radical (unpaired) electrons. The molecule has 128 valence electrons. The van der Waals surface area contributed by atoms with Crippen LogP contribution in [0.5, 0.6) is 0 Å². The first-order valence-electron chi connectivity index (χ1n) is 8.81. The smallest absolute Gasteiger partial charge is 0.0261 e. The van der Waals surface area contributed by atoms with E-state index in [1.54, 1.807) is 0 Å². The quantitative estimate of drug-likeness (QED) is 0.308. The largest absolute Gasteiger partial charge is 0.0622 e. The van der Waals surface area contributed by atoms with Crippen molar-refractivity contribution in [2.24, 2.45) is 0 Å². The van der Waals surface area contributed by atoms with Crippen LogP contribution >= 0.6 is 15.9 Å². The maximum Gasteiger partial charge on any atom is 0.0261 e. The minimum absolute atomic E-state index is 1.00. The lowest BCUT2D eigenvalue weighted by molar-refractivity contribution is 1.56. The Balaban J connectivity index is 1.80. The van der Waals surface area contributed by atoms with Crippen LogP contribution in [0, 0.1) is 11.8 Å². The first-order chi connectivity index (χ1) is 13.3. The van der Waals surface area contributed by atoms with Crippen LogP contribution in [0.1, 0.15) is 11.1 Å². The zero-order chi connectivity index (χ0) is 18.5. The van der Waals surface area contributed by atoms with Crippen LogP contribution in [0.3, 0.4) is 0 Å². The third-order valence-corrected chi connectivity index (χ3v) is 4.87. The summed E-state index contributed by atoms with van der Waals surface area (Å²) in [4.78, 5) is 0. The van der Waals surface area contributed by atoms with Crippen molar-refractivity contribution in [3.8, 4) is 34.1 Å². The lowest BCUT2D eigenvalue weighted by Crippen LogP contribution is -1.85. The van der Waals surface area contributed by atoms with Gasteiger partial charge in [0.1, 0.15) is 0 Å². The fourth-order valence-electron chi connectivity index (χ4n) is 2.97. The van der Waals surface area contributed by atoms with E-state index in [0.717, 1.165) is 15.6 Å². The van der Waals surface area contributed by atoms with Crippen molar-refractivity contribution in [3.63, 3.8) is 0 Å². The second-order valence-electron chi connectivity index (χ2n) is 6.29. The minimum atomic E-state index is 1.00. The lowest BCUT2D eigenvalue weighted by Gasteiger charge is -2.08. The van der Waals surface area contributed by atoms with E-state index in [2.05, 4.69) is 94.5 Å². The molecule has 0 unspecified atom stereocenters. The highest BCUT2D eigenvalue weighted by Crippen LogP contribution is 2.28. The summed E-state index contributed by atoms with van der Waals surface area (Å²) in [6.45, 7) is 0. The van der Waals surface area contributed by atoms with Crippen LogP contribution in [-0.2, 0) is 0 Å². The highest BCUT2D eigenvalue weighted by Gasteiger charge is 2.04. The van der Waals surface area contributed by atoms with Crippen molar-refractivity contribution in [2.75, 3.05) is 0 Å². The van der Waals surface area contributed by atoms with Gasteiger partial charge in [0.25, 0.3) is 0 Å². The third kappa shape index (κ3) is 4.37. The Labute approximate surface area is 168 Å². The molecule has 0 amide bonds. The second-order valence-corrected chi connectivity index (χ2v) is 7.20. The SMILES string of the molecule is Brc1ccc(C#Cc2cc(-c3ccccc3)cc(-c3ccccc3)c2)cc1. The normalized spacial score (nSPS) is 10.1. The molecule has 0 nitrogen and oxygen atoms in total. The van der Waals surface area contributed by atoms with Crippen molar-refractivity contribution in [1.29, 1.82) is 0 Å². The molecule has 0 heterocycles. The van der Waals surface area contributed by atoms with Gasteiger partial charge in [-0.2, -0.15) is 0 Å². The summed E-state index contributed by atoms with van der Waals surface area (Å²) < 4.78 is 1.06. The van der Waals surface area contributed by atoms with Crippen LogP contribution in [0.2, 0.25) is 0 Å². The van der Waals surface area contributed by atoms with Crippen molar-refractivity contribution < 1.29 is 0 Å². The Bertz CT molecular complexity index is 1040. The van der Waals surface area contributed by atoms with E-state index in [9.17, 15) is 0 Å². The fourth-order valence-corrected chi connectivity index (χ4v) is 3.24. The molecular weight excluding hydrogens is 392 g/mol. The number of benzene rings is 4.